The first kappa shape index (κ1) is 22.2. The van der Waals surface area contributed by atoms with Crippen molar-refractivity contribution >= 4 is 28.9 Å². The van der Waals surface area contributed by atoms with Gasteiger partial charge in [-0.25, -0.2) is 19.0 Å². The lowest BCUT2D eigenvalue weighted by Crippen LogP contribution is -2.28. The van der Waals surface area contributed by atoms with Crippen LogP contribution in [-0.4, -0.2) is 46.9 Å². The van der Waals surface area contributed by atoms with Gasteiger partial charge in [-0.15, -0.1) is 5.10 Å². The molecule has 0 aliphatic carbocycles. The smallest absolute Gasteiger partial charge is 0.419 e. The van der Waals surface area contributed by atoms with Crippen molar-refractivity contribution in [2.24, 2.45) is 0 Å². The fourth-order valence-electron chi connectivity index (χ4n) is 3.83. The molecular weight excluding hydrogens is 448 g/mol. The minimum Gasteiger partial charge on any atom is -0.443 e. The molecule has 0 N–H and O–H groups in total. The van der Waals surface area contributed by atoms with E-state index in [0.717, 1.165) is 10.9 Å². The number of benzene rings is 1. The summed E-state index contributed by atoms with van der Waals surface area (Å²) >= 11 is 0. The zero-order chi connectivity index (χ0) is 24.7. The van der Waals surface area contributed by atoms with Crippen LogP contribution in [0.3, 0.4) is 0 Å². The minimum atomic E-state index is -0.707. The van der Waals surface area contributed by atoms with Gasteiger partial charge >= 0.3 is 6.09 Å². The lowest BCUT2D eigenvalue weighted by molar-refractivity contribution is 0.0538. The van der Waals surface area contributed by atoms with E-state index in [-0.39, 0.29) is 11.3 Å². The molecule has 0 fully saturated rings. The summed E-state index contributed by atoms with van der Waals surface area (Å²) in [5.41, 5.74) is 2.10. The van der Waals surface area contributed by atoms with E-state index < -0.39 is 11.7 Å². The number of rotatable bonds is 4. The van der Waals surface area contributed by atoms with Gasteiger partial charge in [-0.05, 0) is 50.6 Å². The van der Waals surface area contributed by atoms with Crippen molar-refractivity contribution in [3.8, 4) is 11.4 Å². The predicted molar refractivity (Wildman–Crippen MR) is 129 cm³/mol. The van der Waals surface area contributed by atoms with Crippen LogP contribution in [-0.2, 0) is 11.3 Å². The topological polar surface area (TPSA) is 113 Å². The highest BCUT2D eigenvalue weighted by molar-refractivity contribution is 5.97. The van der Waals surface area contributed by atoms with Crippen LogP contribution in [0.2, 0.25) is 0 Å². The van der Waals surface area contributed by atoms with Gasteiger partial charge < -0.3 is 4.74 Å². The van der Waals surface area contributed by atoms with Crippen LogP contribution in [0, 0.1) is 0 Å². The van der Waals surface area contributed by atoms with Crippen LogP contribution in [0.5, 0.6) is 0 Å². The van der Waals surface area contributed by atoms with Crippen LogP contribution in [0.1, 0.15) is 36.8 Å². The van der Waals surface area contributed by atoms with Gasteiger partial charge in [0.25, 0.3) is 5.56 Å². The number of nitrogens with zero attached hydrogens (tertiary/aromatic N) is 6. The Morgan fingerprint density at radius 3 is 2.69 bits per heavy atom. The summed E-state index contributed by atoms with van der Waals surface area (Å²) in [5.74, 6) is 0. The fourth-order valence-corrected chi connectivity index (χ4v) is 3.83. The molecule has 0 atom stereocenters. The van der Waals surface area contributed by atoms with Gasteiger partial charge in [0.15, 0.2) is 6.29 Å². The summed E-state index contributed by atoms with van der Waals surface area (Å²) in [7, 11) is 0. The summed E-state index contributed by atoms with van der Waals surface area (Å²) in [4.78, 5) is 41.3. The predicted octanol–water partition coefficient (Wildman–Crippen LogP) is 3.55. The summed E-state index contributed by atoms with van der Waals surface area (Å²) in [6.45, 7) is 5.66. The molecule has 5 rings (SSSR count). The van der Waals surface area contributed by atoms with Gasteiger partial charge in [0.1, 0.15) is 22.6 Å². The molecule has 0 saturated carbocycles. The van der Waals surface area contributed by atoms with E-state index in [2.05, 4.69) is 15.3 Å². The van der Waals surface area contributed by atoms with Gasteiger partial charge in [0, 0.05) is 17.6 Å². The quantitative estimate of drug-likeness (QED) is 0.369. The molecule has 4 aromatic heterocycles. The van der Waals surface area contributed by atoms with Crippen LogP contribution < -0.4 is 5.56 Å². The van der Waals surface area contributed by atoms with Crippen molar-refractivity contribution in [1.82, 2.24) is 28.9 Å². The van der Waals surface area contributed by atoms with Gasteiger partial charge in [-0.2, -0.15) is 0 Å². The molecule has 0 saturated heterocycles. The van der Waals surface area contributed by atoms with E-state index in [1.54, 1.807) is 56.0 Å². The third-order valence-corrected chi connectivity index (χ3v) is 5.31. The first-order valence-corrected chi connectivity index (χ1v) is 10.9. The SMILES string of the molecule is CC(C)(C)OC(=O)n1c(C=O)cc2ccc(Cn3cc(-c4cc(=O)n5ccccc5n4)nn3)cc21. The van der Waals surface area contributed by atoms with Crippen molar-refractivity contribution < 1.29 is 14.3 Å². The lowest BCUT2D eigenvalue weighted by atomic mass is 10.1. The largest absolute Gasteiger partial charge is 0.443 e. The molecule has 0 aliphatic rings. The van der Waals surface area contributed by atoms with Crippen LogP contribution in [0.25, 0.3) is 27.9 Å². The van der Waals surface area contributed by atoms with E-state index in [0.29, 0.717) is 35.4 Å². The Labute approximate surface area is 199 Å². The van der Waals surface area contributed by atoms with E-state index >= 15 is 0 Å². The van der Waals surface area contributed by atoms with Gasteiger partial charge in [-0.1, -0.05) is 23.4 Å². The number of hydrogen-bond donors (Lipinski definition) is 0. The van der Waals surface area contributed by atoms with Crippen molar-refractivity contribution in [2.75, 3.05) is 0 Å². The summed E-state index contributed by atoms with van der Waals surface area (Å²) in [6, 6.07) is 13.9. The standard InChI is InChI=1S/C25H22N6O4/c1-25(2,3)35-24(34)31-18(15-32)11-17-8-7-16(10-21(17)31)13-29-14-20(27-28-29)19-12-23(33)30-9-5-4-6-22(30)26-19/h4-12,14-15H,13H2,1-3H3. The van der Waals surface area contributed by atoms with Gasteiger partial charge in [0.05, 0.1) is 24.0 Å². The lowest BCUT2D eigenvalue weighted by Gasteiger charge is -2.20. The Bertz CT molecular complexity index is 1650. The molecule has 35 heavy (non-hydrogen) atoms. The molecule has 5 aromatic rings. The summed E-state index contributed by atoms with van der Waals surface area (Å²) in [5, 5.41) is 9.08. The molecule has 0 radical (unpaired) electrons. The number of fused-ring (bicyclic) bond motifs is 2. The average Bonchev–Trinajstić information content (AvgIpc) is 3.42. The molecule has 1 aromatic carbocycles. The number of carbonyl (C=O) groups excluding carboxylic acids is 2. The normalized spacial score (nSPS) is 11.7. The molecule has 10 nitrogen and oxygen atoms in total. The van der Waals surface area contributed by atoms with Crippen LogP contribution in [0.4, 0.5) is 4.79 Å². The molecule has 0 bridgehead atoms. The Kier molecular flexibility index (Phi) is 5.28. The van der Waals surface area contributed by atoms with Crippen molar-refractivity contribution in [2.45, 2.75) is 32.9 Å². The maximum Gasteiger partial charge on any atom is 0.419 e. The number of hydrogen-bond acceptors (Lipinski definition) is 7. The van der Waals surface area contributed by atoms with Gasteiger partial charge in [0.2, 0.25) is 0 Å². The first-order valence-electron chi connectivity index (χ1n) is 10.9. The summed E-state index contributed by atoms with van der Waals surface area (Å²) < 4.78 is 9.83. The monoisotopic (exact) mass is 470 g/mol. The second-order valence-electron chi connectivity index (χ2n) is 9.11. The molecule has 0 amide bonds. The molecule has 0 spiro atoms. The Morgan fingerprint density at radius 1 is 1.09 bits per heavy atom. The van der Waals surface area contributed by atoms with Crippen molar-refractivity contribution in [3.05, 3.63) is 82.5 Å². The number of aldehydes is 1. The second-order valence-corrected chi connectivity index (χ2v) is 9.11. The molecule has 4 heterocycles. The third kappa shape index (κ3) is 4.33. The highest BCUT2D eigenvalue weighted by Gasteiger charge is 2.22. The molecule has 10 heteroatoms. The highest BCUT2D eigenvalue weighted by Crippen LogP contribution is 2.23. The van der Waals surface area contributed by atoms with Crippen LogP contribution >= 0.6 is 0 Å². The number of pyridine rings is 1. The highest BCUT2D eigenvalue weighted by atomic mass is 16.6. The van der Waals surface area contributed by atoms with E-state index in [9.17, 15) is 14.4 Å². The molecule has 176 valence electrons. The Balaban J connectivity index is 1.47. The number of aromatic nitrogens is 6. The Hall–Kier alpha value is -4.60. The average molecular weight is 470 g/mol. The van der Waals surface area contributed by atoms with Gasteiger partial charge in [-0.3, -0.25) is 14.0 Å². The van der Waals surface area contributed by atoms with E-state index in [1.807, 2.05) is 24.3 Å². The molecule has 0 aliphatic heterocycles. The number of carbonyl (C=O) groups is 2. The van der Waals surface area contributed by atoms with Crippen molar-refractivity contribution in [3.63, 3.8) is 0 Å². The van der Waals surface area contributed by atoms with E-state index in [1.165, 1.54) is 15.0 Å². The van der Waals surface area contributed by atoms with E-state index in [4.69, 9.17) is 4.74 Å². The maximum absolute atomic E-state index is 12.8. The Morgan fingerprint density at radius 2 is 1.91 bits per heavy atom. The van der Waals surface area contributed by atoms with Crippen molar-refractivity contribution in [1.29, 1.82) is 0 Å². The minimum absolute atomic E-state index is 0.209. The summed E-state index contributed by atoms with van der Waals surface area (Å²) in [6.07, 6.45) is 3.37. The second kappa shape index (κ2) is 8.32. The fraction of sp³-hybridized carbons (Fsp3) is 0.200. The zero-order valence-electron chi connectivity index (χ0n) is 19.4. The number of ether oxygens (including phenoxy) is 1. The van der Waals surface area contributed by atoms with Crippen LogP contribution in [0.15, 0.2) is 65.7 Å². The molecule has 0 unspecified atom stereocenters. The molecular formula is C25H22N6O4. The first-order chi connectivity index (χ1) is 16.7. The maximum atomic E-state index is 12.8. The third-order valence-electron chi connectivity index (χ3n) is 5.31. The zero-order valence-corrected chi connectivity index (χ0v) is 19.4.